The molecule has 0 radical (unpaired) electrons. The number of rotatable bonds is 7. The Morgan fingerprint density at radius 3 is 2.50 bits per heavy atom. The van der Waals surface area contributed by atoms with E-state index in [9.17, 15) is 8.42 Å². The second-order valence-corrected chi connectivity index (χ2v) is 9.16. The minimum absolute atomic E-state index is 0.206. The summed E-state index contributed by atoms with van der Waals surface area (Å²) in [7, 11) is -3.60. The highest BCUT2D eigenvalue weighted by atomic mass is 35.5. The second kappa shape index (κ2) is 8.16. The fourth-order valence-corrected chi connectivity index (χ4v) is 5.12. The van der Waals surface area contributed by atoms with Gasteiger partial charge in [-0.15, -0.1) is 10.2 Å². The molecule has 0 aliphatic carbocycles. The summed E-state index contributed by atoms with van der Waals surface area (Å²) in [6.07, 6.45) is 0.702. The number of sulfonamides is 1. The molecule has 0 spiro atoms. The SMILES string of the molecule is CC(Cc1nnc(NS(=O)(=O)Cc2ccccc2Cl)s1)c1ccccc1. The van der Waals surface area contributed by atoms with Gasteiger partial charge < -0.3 is 0 Å². The average molecular weight is 408 g/mol. The highest BCUT2D eigenvalue weighted by Gasteiger charge is 2.17. The lowest BCUT2D eigenvalue weighted by atomic mass is 9.98. The number of nitrogens with one attached hydrogen (secondary N) is 1. The third kappa shape index (κ3) is 5.03. The molecule has 0 aliphatic rings. The molecule has 0 fully saturated rings. The highest BCUT2D eigenvalue weighted by Crippen LogP contribution is 2.25. The van der Waals surface area contributed by atoms with Crippen LogP contribution in [-0.2, 0) is 22.2 Å². The van der Waals surface area contributed by atoms with Crippen LogP contribution >= 0.6 is 22.9 Å². The molecular formula is C18H18ClN3O2S2. The minimum Gasteiger partial charge on any atom is -0.257 e. The van der Waals surface area contributed by atoms with Crippen LogP contribution in [0.15, 0.2) is 54.6 Å². The van der Waals surface area contributed by atoms with Crippen molar-refractivity contribution in [3.8, 4) is 0 Å². The summed E-state index contributed by atoms with van der Waals surface area (Å²) in [5, 5.41) is 9.55. The highest BCUT2D eigenvalue weighted by molar-refractivity contribution is 7.92. The Balaban J connectivity index is 1.65. The number of nitrogens with zero attached hydrogens (tertiary/aromatic N) is 2. The quantitative estimate of drug-likeness (QED) is 0.626. The maximum atomic E-state index is 12.3. The predicted octanol–water partition coefficient (Wildman–Crippen LogP) is 4.48. The molecule has 0 saturated carbocycles. The molecule has 8 heteroatoms. The molecule has 136 valence electrons. The lowest BCUT2D eigenvalue weighted by molar-refractivity contribution is 0.600. The van der Waals surface area contributed by atoms with Gasteiger partial charge in [-0.1, -0.05) is 78.4 Å². The number of aromatic nitrogens is 2. The van der Waals surface area contributed by atoms with E-state index in [1.54, 1.807) is 24.3 Å². The predicted molar refractivity (Wildman–Crippen MR) is 106 cm³/mol. The Morgan fingerprint density at radius 2 is 1.77 bits per heavy atom. The van der Waals surface area contributed by atoms with Crippen molar-refractivity contribution in [2.75, 3.05) is 4.72 Å². The van der Waals surface area contributed by atoms with Gasteiger partial charge in [0.05, 0.1) is 5.75 Å². The lowest BCUT2D eigenvalue weighted by Crippen LogP contribution is -2.15. The fourth-order valence-electron chi connectivity index (χ4n) is 2.53. The lowest BCUT2D eigenvalue weighted by Gasteiger charge is -2.08. The first-order valence-electron chi connectivity index (χ1n) is 8.04. The van der Waals surface area contributed by atoms with Gasteiger partial charge >= 0.3 is 0 Å². The number of halogens is 1. The van der Waals surface area contributed by atoms with Gasteiger partial charge in [-0.3, -0.25) is 4.72 Å². The van der Waals surface area contributed by atoms with E-state index in [0.717, 1.165) is 5.01 Å². The summed E-state index contributed by atoms with van der Waals surface area (Å²) in [4.78, 5) is 0. The van der Waals surface area contributed by atoms with Crippen molar-refractivity contribution in [1.82, 2.24) is 10.2 Å². The van der Waals surface area contributed by atoms with Crippen LogP contribution in [-0.4, -0.2) is 18.6 Å². The van der Waals surface area contributed by atoms with Crippen molar-refractivity contribution in [3.05, 3.63) is 75.8 Å². The first kappa shape index (κ1) is 18.8. The van der Waals surface area contributed by atoms with Gasteiger partial charge in [-0.2, -0.15) is 0 Å². The molecule has 1 heterocycles. The van der Waals surface area contributed by atoms with Gasteiger partial charge in [-0.05, 0) is 23.1 Å². The summed E-state index contributed by atoms with van der Waals surface area (Å²) in [6, 6.07) is 17.0. The Hall–Kier alpha value is -1.96. The summed E-state index contributed by atoms with van der Waals surface area (Å²) >= 11 is 7.29. The van der Waals surface area contributed by atoms with Crippen LogP contribution in [0, 0.1) is 0 Å². The standard InChI is InChI=1S/C18H18ClN3O2S2/c1-13(14-7-3-2-4-8-14)11-17-20-21-18(25-17)22-26(23,24)12-15-9-5-6-10-16(15)19/h2-10,13H,11-12H2,1H3,(H,21,22). The van der Waals surface area contributed by atoms with Gasteiger partial charge in [0.1, 0.15) is 5.01 Å². The molecule has 0 bridgehead atoms. The second-order valence-electron chi connectivity index (χ2n) is 5.97. The van der Waals surface area contributed by atoms with E-state index >= 15 is 0 Å². The van der Waals surface area contributed by atoms with Crippen molar-refractivity contribution in [3.63, 3.8) is 0 Å². The maximum Gasteiger partial charge on any atom is 0.238 e. The first-order chi connectivity index (χ1) is 12.4. The number of hydrogen-bond donors (Lipinski definition) is 1. The molecule has 1 aromatic heterocycles. The zero-order chi connectivity index (χ0) is 18.6. The number of anilines is 1. The summed E-state index contributed by atoms with van der Waals surface area (Å²) in [6.45, 7) is 2.11. The molecular weight excluding hydrogens is 390 g/mol. The smallest absolute Gasteiger partial charge is 0.238 e. The van der Waals surface area contributed by atoms with Gasteiger partial charge in [-0.25, -0.2) is 8.42 Å². The van der Waals surface area contributed by atoms with Gasteiger partial charge in [0, 0.05) is 11.4 Å². The van der Waals surface area contributed by atoms with E-state index in [1.165, 1.54) is 16.9 Å². The fraction of sp³-hybridized carbons (Fsp3) is 0.222. The topological polar surface area (TPSA) is 72.0 Å². The Labute approximate surface area is 162 Å². The third-order valence-corrected chi connectivity index (χ3v) is 6.42. The van der Waals surface area contributed by atoms with Crippen molar-refractivity contribution < 1.29 is 8.42 Å². The monoisotopic (exact) mass is 407 g/mol. The Bertz CT molecular complexity index is 975. The van der Waals surface area contributed by atoms with E-state index in [1.807, 2.05) is 18.2 Å². The maximum absolute atomic E-state index is 12.3. The molecule has 1 unspecified atom stereocenters. The Kier molecular flexibility index (Phi) is 5.90. The van der Waals surface area contributed by atoms with E-state index in [2.05, 4.69) is 34.0 Å². The van der Waals surface area contributed by atoms with Crippen LogP contribution in [0.1, 0.15) is 29.0 Å². The molecule has 0 aliphatic heterocycles. The van der Waals surface area contributed by atoms with Crippen molar-refractivity contribution in [2.45, 2.75) is 25.0 Å². The summed E-state index contributed by atoms with van der Waals surface area (Å²) < 4.78 is 27.2. The van der Waals surface area contributed by atoms with Gasteiger partial charge in [0.15, 0.2) is 0 Å². The van der Waals surface area contributed by atoms with Crippen LogP contribution in [0.4, 0.5) is 5.13 Å². The molecule has 1 N–H and O–H groups in total. The van der Waals surface area contributed by atoms with Gasteiger partial charge in [0.25, 0.3) is 0 Å². The molecule has 0 amide bonds. The first-order valence-corrected chi connectivity index (χ1v) is 10.9. The van der Waals surface area contributed by atoms with Crippen LogP contribution < -0.4 is 4.72 Å². The summed E-state index contributed by atoms with van der Waals surface area (Å²) in [5.74, 6) is 0.0684. The molecule has 3 aromatic rings. The van der Waals surface area contributed by atoms with Gasteiger partial charge in [0.2, 0.25) is 15.2 Å². The molecule has 5 nitrogen and oxygen atoms in total. The normalized spacial score (nSPS) is 12.7. The van der Waals surface area contributed by atoms with Crippen molar-refractivity contribution >= 4 is 38.1 Å². The Morgan fingerprint density at radius 1 is 1.08 bits per heavy atom. The van der Waals surface area contributed by atoms with Crippen LogP contribution in [0.25, 0.3) is 0 Å². The molecule has 3 rings (SSSR count). The molecule has 0 saturated heterocycles. The molecule has 26 heavy (non-hydrogen) atoms. The largest absolute Gasteiger partial charge is 0.257 e. The third-order valence-electron chi connectivity index (χ3n) is 3.86. The van der Waals surface area contributed by atoms with Crippen molar-refractivity contribution in [2.24, 2.45) is 0 Å². The molecule has 2 aromatic carbocycles. The zero-order valence-electron chi connectivity index (χ0n) is 14.1. The average Bonchev–Trinajstić information content (AvgIpc) is 3.03. The number of benzene rings is 2. The zero-order valence-corrected chi connectivity index (χ0v) is 16.5. The summed E-state index contributed by atoms with van der Waals surface area (Å²) in [5.41, 5.74) is 1.76. The van der Waals surface area contributed by atoms with E-state index in [4.69, 9.17) is 11.6 Å². The van der Waals surface area contributed by atoms with E-state index < -0.39 is 10.0 Å². The van der Waals surface area contributed by atoms with Crippen LogP contribution in [0.5, 0.6) is 0 Å². The van der Waals surface area contributed by atoms with Crippen molar-refractivity contribution in [1.29, 1.82) is 0 Å². The molecule has 1 atom stereocenters. The van der Waals surface area contributed by atoms with E-state index in [0.29, 0.717) is 17.0 Å². The van der Waals surface area contributed by atoms with Crippen LogP contribution in [0.2, 0.25) is 5.02 Å². The van der Waals surface area contributed by atoms with E-state index in [-0.39, 0.29) is 16.8 Å². The minimum atomic E-state index is -3.60. The number of hydrogen-bond acceptors (Lipinski definition) is 5. The van der Waals surface area contributed by atoms with Crippen LogP contribution in [0.3, 0.4) is 0 Å².